The Kier molecular flexibility index (Phi) is 2.66. The van der Waals surface area contributed by atoms with Gasteiger partial charge in [0.25, 0.3) is 0 Å². The summed E-state index contributed by atoms with van der Waals surface area (Å²) in [6.45, 7) is 0. The van der Waals surface area contributed by atoms with Crippen molar-refractivity contribution in [3.63, 3.8) is 0 Å². The summed E-state index contributed by atoms with van der Waals surface area (Å²) in [5.41, 5.74) is 1.28. The van der Waals surface area contributed by atoms with E-state index in [2.05, 4.69) is 29.6 Å². The van der Waals surface area contributed by atoms with Gasteiger partial charge < -0.3 is 10.1 Å². The van der Waals surface area contributed by atoms with Crippen molar-refractivity contribution in [2.45, 2.75) is 37.8 Å². The van der Waals surface area contributed by atoms with Crippen LogP contribution in [0.5, 0.6) is 5.75 Å². The van der Waals surface area contributed by atoms with Crippen LogP contribution in [-0.2, 0) is 11.2 Å². The van der Waals surface area contributed by atoms with E-state index in [0.717, 1.165) is 25.0 Å². The van der Waals surface area contributed by atoms with Crippen molar-refractivity contribution < 1.29 is 9.53 Å². The van der Waals surface area contributed by atoms with Gasteiger partial charge in [0.2, 0.25) is 5.91 Å². The molecule has 0 spiro atoms. The van der Waals surface area contributed by atoms with Crippen LogP contribution in [0.25, 0.3) is 10.8 Å². The monoisotopic (exact) mass is 267 g/mol. The molecule has 2 unspecified atom stereocenters. The van der Waals surface area contributed by atoms with Gasteiger partial charge in [-0.05, 0) is 30.2 Å². The predicted octanol–water partition coefficient (Wildman–Crippen LogP) is 2.81. The maximum Gasteiger partial charge on any atom is 0.220 e. The molecule has 0 radical (unpaired) electrons. The molecule has 2 heterocycles. The molecule has 4 rings (SSSR count). The highest BCUT2D eigenvalue weighted by molar-refractivity contribution is 5.89. The van der Waals surface area contributed by atoms with E-state index in [0.29, 0.717) is 6.42 Å². The smallest absolute Gasteiger partial charge is 0.220 e. The summed E-state index contributed by atoms with van der Waals surface area (Å²) in [4.78, 5) is 11.4. The Balaban J connectivity index is 1.70. The van der Waals surface area contributed by atoms with Crippen LogP contribution in [0.2, 0.25) is 0 Å². The van der Waals surface area contributed by atoms with Crippen LogP contribution in [0.15, 0.2) is 36.4 Å². The minimum absolute atomic E-state index is 0.111. The van der Waals surface area contributed by atoms with Gasteiger partial charge in [0.15, 0.2) is 0 Å². The predicted molar refractivity (Wildman–Crippen MR) is 77.8 cm³/mol. The number of hydrogen-bond donors (Lipinski definition) is 1. The number of rotatable bonds is 1. The van der Waals surface area contributed by atoms with Crippen LogP contribution in [0.3, 0.4) is 0 Å². The van der Waals surface area contributed by atoms with E-state index in [1.165, 1.54) is 16.3 Å². The summed E-state index contributed by atoms with van der Waals surface area (Å²) < 4.78 is 6.26. The number of nitrogens with one attached hydrogen (secondary N) is 1. The molecule has 3 heteroatoms. The van der Waals surface area contributed by atoms with Gasteiger partial charge in [0.1, 0.15) is 11.9 Å². The van der Waals surface area contributed by atoms with E-state index in [1.807, 2.05) is 12.1 Å². The topological polar surface area (TPSA) is 38.3 Å². The molecule has 1 fully saturated rings. The normalized spacial score (nSPS) is 25.1. The van der Waals surface area contributed by atoms with Crippen molar-refractivity contribution in [2.75, 3.05) is 0 Å². The van der Waals surface area contributed by atoms with E-state index < -0.39 is 0 Å². The Morgan fingerprint density at radius 3 is 2.80 bits per heavy atom. The molecule has 2 aliphatic rings. The number of aryl methyl sites for hydroxylation is 1. The van der Waals surface area contributed by atoms with Gasteiger partial charge in [-0.3, -0.25) is 4.79 Å². The van der Waals surface area contributed by atoms with Gasteiger partial charge in [0.05, 0.1) is 6.04 Å². The van der Waals surface area contributed by atoms with E-state index >= 15 is 0 Å². The first-order chi connectivity index (χ1) is 9.81. The van der Waals surface area contributed by atoms with E-state index in [4.69, 9.17) is 4.74 Å². The highest BCUT2D eigenvalue weighted by Crippen LogP contribution is 2.36. The number of carbonyl (C=O) groups is 1. The number of carbonyl (C=O) groups excluding carboxylic acids is 1. The van der Waals surface area contributed by atoms with Gasteiger partial charge in [-0.25, -0.2) is 0 Å². The van der Waals surface area contributed by atoms with Crippen molar-refractivity contribution in [3.05, 3.63) is 42.0 Å². The van der Waals surface area contributed by atoms with E-state index in [9.17, 15) is 4.79 Å². The third-order valence-electron chi connectivity index (χ3n) is 4.41. The SMILES string of the molecule is O=C1CCC(C2CCc3ccc4ccccc4c3O2)N1. The first-order valence-electron chi connectivity index (χ1n) is 7.28. The van der Waals surface area contributed by atoms with Crippen LogP contribution in [0.4, 0.5) is 0 Å². The van der Waals surface area contributed by atoms with Crippen molar-refractivity contribution >= 4 is 16.7 Å². The van der Waals surface area contributed by atoms with Crippen molar-refractivity contribution in [3.8, 4) is 5.75 Å². The van der Waals surface area contributed by atoms with Crippen molar-refractivity contribution in [2.24, 2.45) is 0 Å². The number of amides is 1. The molecule has 3 nitrogen and oxygen atoms in total. The third kappa shape index (κ3) is 1.85. The van der Waals surface area contributed by atoms with Gasteiger partial charge >= 0.3 is 0 Å². The fraction of sp³-hybridized carbons (Fsp3) is 0.353. The Morgan fingerprint density at radius 1 is 1.05 bits per heavy atom. The lowest BCUT2D eigenvalue weighted by Crippen LogP contribution is -2.42. The van der Waals surface area contributed by atoms with Gasteiger partial charge in [-0.1, -0.05) is 36.4 Å². The zero-order chi connectivity index (χ0) is 13.5. The second-order valence-electron chi connectivity index (χ2n) is 5.68. The summed E-state index contributed by atoms with van der Waals surface area (Å²) >= 11 is 0. The van der Waals surface area contributed by atoms with Gasteiger partial charge in [-0.15, -0.1) is 0 Å². The zero-order valence-electron chi connectivity index (χ0n) is 11.3. The fourth-order valence-corrected chi connectivity index (χ4v) is 3.33. The average molecular weight is 267 g/mol. The summed E-state index contributed by atoms with van der Waals surface area (Å²) in [7, 11) is 0. The first kappa shape index (κ1) is 11.8. The first-order valence-corrected chi connectivity index (χ1v) is 7.28. The zero-order valence-corrected chi connectivity index (χ0v) is 11.3. The molecule has 0 bridgehead atoms. The Morgan fingerprint density at radius 2 is 1.95 bits per heavy atom. The minimum atomic E-state index is 0.111. The summed E-state index contributed by atoms with van der Waals surface area (Å²) in [6.07, 6.45) is 3.64. The largest absolute Gasteiger partial charge is 0.487 e. The molecule has 0 aliphatic carbocycles. The maximum atomic E-state index is 11.4. The third-order valence-corrected chi connectivity index (χ3v) is 4.41. The van der Waals surface area contributed by atoms with E-state index in [1.54, 1.807) is 0 Å². The van der Waals surface area contributed by atoms with Crippen molar-refractivity contribution in [1.82, 2.24) is 5.32 Å². The molecule has 1 amide bonds. The Hall–Kier alpha value is -2.03. The highest BCUT2D eigenvalue weighted by Gasteiger charge is 2.33. The van der Waals surface area contributed by atoms with Crippen LogP contribution < -0.4 is 10.1 Å². The summed E-state index contributed by atoms with van der Waals surface area (Å²) in [5.74, 6) is 1.17. The maximum absolute atomic E-state index is 11.4. The molecule has 2 aromatic rings. The molecule has 1 N–H and O–H groups in total. The van der Waals surface area contributed by atoms with Crippen LogP contribution >= 0.6 is 0 Å². The lowest BCUT2D eigenvalue weighted by molar-refractivity contribution is -0.119. The molecule has 2 aromatic carbocycles. The summed E-state index contributed by atoms with van der Waals surface area (Å²) in [6, 6.07) is 12.8. The van der Waals surface area contributed by atoms with Crippen molar-refractivity contribution in [1.29, 1.82) is 0 Å². The molecule has 20 heavy (non-hydrogen) atoms. The van der Waals surface area contributed by atoms with E-state index in [-0.39, 0.29) is 18.1 Å². The molecule has 0 aromatic heterocycles. The molecular formula is C17H17NO2. The molecule has 102 valence electrons. The summed E-state index contributed by atoms with van der Waals surface area (Å²) in [5, 5.41) is 5.43. The number of hydrogen-bond acceptors (Lipinski definition) is 2. The second-order valence-corrected chi connectivity index (χ2v) is 5.68. The number of fused-ring (bicyclic) bond motifs is 3. The standard InChI is InChI=1S/C17H17NO2/c19-16-10-8-14(18-16)15-9-7-12-6-5-11-3-1-2-4-13(11)17(12)20-15/h1-6,14-15H,7-10H2,(H,18,19). The quantitative estimate of drug-likeness (QED) is 0.862. The molecule has 1 saturated heterocycles. The van der Waals surface area contributed by atoms with Gasteiger partial charge in [-0.2, -0.15) is 0 Å². The molecular weight excluding hydrogens is 250 g/mol. The Labute approximate surface area is 117 Å². The Bertz CT molecular complexity index is 680. The van der Waals surface area contributed by atoms with Crippen LogP contribution in [0, 0.1) is 0 Å². The molecule has 2 atom stereocenters. The average Bonchev–Trinajstić information content (AvgIpc) is 2.93. The molecule has 2 aliphatic heterocycles. The highest BCUT2D eigenvalue weighted by atomic mass is 16.5. The number of benzene rings is 2. The number of ether oxygens (including phenoxy) is 1. The van der Waals surface area contributed by atoms with Crippen LogP contribution in [0.1, 0.15) is 24.8 Å². The van der Waals surface area contributed by atoms with Gasteiger partial charge in [0, 0.05) is 11.8 Å². The van der Waals surface area contributed by atoms with Crippen LogP contribution in [-0.4, -0.2) is 18.1 Å². The minimum Gasteiger partial charge on any atom is -0.487 e. The lowest BCUT2D eigenvalue weighted by atomic mass is 9.94. The fourth-order valence-electron chi connectivity index (χ4n) is 3.33. The molecule has 0 saturated carbocycles. The lowest BCUT2D eigenvalue weighted by Gasteiger charge is -2.31. The second kappa shape index (κ2) is 4.51.